The van der Waals surface area contributed by atoms with Gasteiger partial charge in [-0.3, -0.25) is 9.69 Å². The Morgan fingerprint density at radius 2 is 1.65 bits per heavy atom. The molecule has 1 N–H and O–H groups in total. The SMILES string of the molecule is C[C@H](O)[C@@H]1CC(=O)C[C@@H](c2ccccc2)N1Cc1ccccc1. The smallest absolute Gasteiger partial charge is 0.136 e. The molecule has 0 spiro atoms. The lowest BCUT2D eigenvalue weighted by atomic mass is 9.87. The highest BCUT2D eigenvalue weighted by atomic mass is 16.3. The zero-order valence-electron chi connectivity index (χ0n) is 13.4. The molecule has 0 unspecified atom stereocenters. The van der Waals surface area contributed by atoms with Crippen LogP contribution in [0.25, 0.3) is 0 Å². The van der Waals surface area contributed by atoms with E-state index < -0.39 is 6.10 Å². The Morgan fingerprint density at radius 1 is 1.04 bits per heavy atom. The van der Waals surface area contributed by atoms with E-state index in [9.17, 15) is 9.90 Å². The fourth-order valence-corrected chi connectivity index (χ4v) is 3.45. The van der Waals surface area contributed by atoms with Gasteiger partial charge in [0.05, 0.1) is 6.10 Å². The Morgan fingerprint density at radius 3 is 2.26 bits per heavy atom. The van der Waals surface area contributed by atoms with Crippen LogP contribution in [0.4, 0.5) is 0 Å². The van der Waals surface area contributed by atoms with Crippen molar-refractivity contribution in [3.05, 3.63) is 71.8 Å². The number of aliphatic hydroxyl groups is 1. The van der Waals surface area contributed by atoms with Crippen molar-refractivity contribution in [2.75, 3.05) is 0 Å². The standard InChI is InChI=1S/C20H23NO2/c1-15(22)19-12-18(23)13-20(17-10-6-3-7-11-17)21(19)14-16-8-4-2-5-9-16/h2-11,15,19-20,22H,12-14H2,1H3/t15-,19-,20-/m0/s1. The van der Waals surface area contributed by atoms with Gasteiger partial charge >= 0.3 is 0 Å². The van der Waals surface area contributed by atoms with E-state index >= 15 is 0 Å². The number of carbonyl (C=O) groups excluding carboxylic acids is 1. The van der Waals surface area contributed by atoms with Crippen molar-refractivity contribution in [1.29, 1.82) is 0 Å². The molecule has 0 aromatic heterocycles. The number of likely N-dealkylation sites (tertiary alicyclic amines) is 1. The Balaban J connectivity index is 1.94. The van der Waals surface area contributed by atoms with Gasteiger partial charge in [-0.2, -0.15) is 0 Å². The third-order valence-electron chi connectivity index (χ3n) is 4.63. The molecule has 0 bridgehead atoms. The first-order valence-electron chi connectivity index (χ1n) is 8.19. The number of ketones is 1. The molecule has 2 aromatic carbocycles. The van der Waals surface area contributed by atoms with Crippen molar-refractivity contribution < 1.29 is 9.90 Å². The molecule has 3 atom stereocenters. The van der Waals surface area contributed by atoms with Crippen LogP contribution in [0.3, 0.4) is 0 Å². The summed E-state index contributed by atoms with van der Waals surface area (Å²) in [5.74, 6) is 0.231. The number of piperidine rings is 1. The molecule has 1 aliphatic rings. The molecule has 1 heterocycles. The van der Waals surface area contributed by atoms with E-state index in [1.54, 1.807) is 6.92 Å². The maximum Gasteiger partial charge on any atom is 0.136 e. The van der Waals surface area contributed by atoms with Crippen LogP contribution in [0.5, 0.6) is 0 Å². The second-order valence-electron chi connectivity index (χ2n) is 6.34. The average Bonchev–Trinajstić information content (AvgIpc) is 2.57. The lowest BCUT2D eigenvalue weighted by molar-refractivity contribution is -0.128. The highest BCUT2D eigenvalue weighted by Crippen LogP contribution is 2.35. The molecule has 2 aromatic rings. The van der Waals surface area contributed by atoms with Crippen LogP contribution >= 0.6 is 0 Å². The number of hydrogen-bond donors (Lipinski definition) is 1. The number of rotatable bonds is 4. The lowest BCUT2D eigenvalue weighted by Gasteiger charge is -2.43. The molecule has 0 saturated carbocycles. The second-order valence-corrected chi connectivity index (χ2v) is 6.34. The third-order valence-corrected chi connectivity index (χ3v) is 4.63. The monoisotopic (exact) mass is 309 g/mol. The third kappa shape index (κ3) is 3.69. The molecular weight excluding hydrogens is 286 g/mol. The number of Topliss-reactive ketones (excluding diaryl/α,β-unsaturated/α-hetero) is 1. The van der Waals surface area contributed by atoms with E-state index in [1.807, 2.05) is 36.4 Å². The summed E-state index contributed by atoms with van der Waals surface area (Å²) in [6.07, 6.45) is 0.405. The summed E-state index contributed by atoms with van der Waals surface area (Å²) in [5.41, 5.74) is 2.34. The zero-order valence-corrected chi connectivity index (χ0v) is 13.4. The minimum Gasteiger partial charge on any atom is -0.392 e. The highest BCUT2D eigenvalue weighted by molar-refractivity contribution is 5.80. The minimum atomic E-state index is -0.533. The molecule has 1 aliphatic heterocycles. The van der Waals surface area contributed by atoms with Crippen LogP contribution in [0.1, 0.15) is 36.9 Å². The number of benzene rings is 2. The van der Waals surface area contributed by atoms with E-state index in [0.717, 1.165) is 12.1 Å². The van der Waals surface area contributed by atoms with Crippen LogP contribution < -0.4 is 0 Å². The fourth-order valence-electron chi connectivity index (χ4n) is 3.45. The minimum absolute atomic E-state index is 0.0252. The maximum atomic E-state index is 12.2. The van der Waals surface area contributed by atoms with Crippen molar-refractivity contribution in [1.82, 2.24) is 4.90 Å². The Kier molecular flexibility index (Phi) is 4.89. The molecule has 23 heavy (non-hydrogen) atoms. The van der Waals surface area contributed by atoms with Gasteiger partial charge in [0.2, 0.25) is 0 Å². The van der Waals surface area contributed by atoms with Crippen LogP contribution in [-0.2, 0) is 11.3 Å². The van der Waals surface area contributed by atoms with E-state index in [0.29, 0.717) is 12.8 Å². The second kappa shape index (κ2) is 7.07. The lowest BCUT2D eigenvalue weighted by Crippen LogP contribution is -2.49. The number of hydrogen-bond acceptors (Lipinski definition) is 3. The van der Waals surface area contributed by atoms with E-state index in [2.05, 4.69) is 29.2 Å². The molecule has 1 fully saturated rings. The van der Waals surface area contributed by atoms with Gasteiger partial charge in [-0.05, 0) is 18.1 Å². The molecule has 3 rings (SSSR count). The summed E-state index contributed by atoms with van der Waals surface area (Å²) in [6.45, 7) is 2.52. The molecule has 1 saturated heterocycles. The van der Waals surface area contributed by atoms with Crippen molar-refractivity contribution in [3.63, 3.8) is 0 Å². The van der Waals surface area contributed by atoms with Gasteiger partial charge in [-0.15, -0.1) is 0 Å². The van der Waals surface area contributed by atoms with Gasteiger partial charge in [0.1, 0.15) is 5.78 Å². The van der Waals surface area contributed by atoms with Crippen LogP contribution in [0.15, 0.2) is 60.7 Å². The summed E-state index contributed by atoms with van der Waals surface area (Å²) < 4.78 is 0. The van der Waals surface area contributed by atoms with Gasteiger partial charge in [0.25, 0.3) is 0 Å². The first-order chi connectivity index (χ1) is 11.1. The molecule has 3 heteroatoms. The van der Waals surface area contributed by atoms with Crippen LogP contribution in [0, 0.1) is 0 Å². The topological polar surface area (TPSA) is 40.5 Å². The molecule has 3 nitrogen and oxygen atoms in total. The number of aliphatic hydroxyl groups excluding tert-OH is 1. The number of carbonyl (C=O) groups is 1. The molecule has 0 radical (unpaired) electrons. The van der Waals surface area contributed by atoms with E-state index in [1.165, 1.54) is 5.56 Å². The summed E-state index contributed by atoms with van der Waals surface area (Å²) in [7, 11) is 0. The summed E-state index contributed by atoms with van der Waals surface area (Å²) in [5, 5.41) is 10.2. The Bertz CT molecular complexity index is 639. The quantitative estimate of drug-likeness (QED) is 0.941. The normalized spacial score (nSPS) is 23.7. The Labute approximate surface area is 137 Å². The van der Waals surface area contributed by atoms with Gasteiger partial charge < -0.3 is 5.11 Å². The van der Waals surface area contributed by atoms with Crippen molar-refractivity contribution >= 4 is 5.78 Å². The predicted octanol–water partition coefficient (Wildman–Crippen LogP) is 3.34. The molecule has 120 valence electrons. The van der Waals surface area contributed by atoms with Gasteiger partial charge in [0.15, 0.2) is 0 Å². The first kappa shape index (κ1) is 15.9. The van der Waals surface area contributed by atoms with Gasteiger partial charge in [-0.1, -0.05) is 60.7 Å². The summed E-state index contributed by atoms with van der Waals surface area (Å²) >= 11 is 0. The molecule has 0 amide bonds. The average molecular weight is 309 g/mol. The first-order valence-corrected chi connectivity index (χ1v) is 8.19. The predicted molar refractivity (Wildman–Crippen MR) is 90.9 cm³/mol. The molecular formula is C20H23NO2. The van der Waals surface area contributed by atoms with Crippen molar-refractivity contribution in [2.45, 2.75) is 44.5 Å². The van der Waals surface area contributed by atoms with E-state index in [4.69, 9.17) is 0 Å². The van der Waals surface area contributed by atoms with Crippen LogP contribution in [-0.4, -0.2) is 27.9 Å². The fraction of sp³-hybridized carbons (Fsp3) is 0.350. The van der Waals surface area contributed by atoms with Crippen molar-refractivity contribution in [2.24, 2.45) is 0 Å². The van der Waals surface area contributed by atoms with Gasteiger partial charge in [-0.25, -0.2) is 0 Å². The maximum absolute atomic E-state index is 12.2. The molecule has 0 aliphatic carbocycles. The summed E-state index contributed by atoms with van der Waals surface area (Å²) in [6, 6.07) is 20.3. The highest BCUT2D eigenvalue weighted by Gasteiger charge is 2.37. The van der Waals surface area contributed by atoms with Crippen molar-refractivity contribution in [3.8, 4) is 0 Å². The number of nitrogens with zero attached hydrogens (tertiary/aromatic N) is 1. The van der Waals surface area contributed by atoms with E-state index in [-0.39, 0.29) is 17.9 Å². The zero-order chi connectivity index (χ0) is 16.2. The summed E-state index contributed by atoms with van der Waals surface area (Å²) in [4.78, 5) is 14.5. The van der Waals surface area contributed by atoms with Crippen LogP contribution in [0.2, 0.25) is 0 Å². The Hall–Kier alpha value is -1.97. The van der Waals surface area contributed by atoms with Gasteiger partial charge in [0, 0.05) is 31.5 Å². The largest absolute Gasteiger partial charge is 0.392 e.